The average molecular weight is 361 g/mol. The summed E-state index contributed by atoms with van der Waals surface area (Å²) in [5, 5.41) is 0. The van der Waals surface area contributed by atoms with Crippen LogP contribution in [0.25, 0.3) is 0 Å². The van der Waals surface area contributed by atoms with Crippen molar-refractivity contribution in [2.75, 3.05) is 0 Å². The number of thiophene rings is 1. The molecule has 14 heavy (non-hydrogen) atoms. The van der Waals surface area contributed by atoms with E-state index in [1.807, 2.05) is 0 Å². The van der Waals surface area contributed by atoms with Gasteiger partial charge in [0.25, 0.3) is 0 Å². The van der Waals surface area contributed by atoms with Gasteiger partial charge in [0.05, 0.1) is 0 Å². The van der Waals surface area contributed by atoms with Crippen molar-refractivity contribution >= 4 is 54.8 Å². The highest BCUT2D eigenvalue weighted by molar-refractivity contribution is 9.10. The molecule has 4 heteroatoms. The minimum absolute atomic E-state index is 0.330. The van der Waals surface area contributed by atoms with Gasteiger partial charge in [0.15, 0.2) is 0 Å². The second-order valence-corrected chi connectivity index (χ2v) is 8.15. The van der Waals surface area contributed by atoms with Gasteiger partial charge in [-0.15, -0.1) is 11.3 Å². The second-order valence-electron chi connectivity index (χ2n) is 4.50. The van der Waals surface area contributed by atoms with Gasteiger partial charge in [-0.05, 0) is 33.8 Å². The lowest BCUT2D eigenvalue weighted by Gasteiger charge is -2.21. The van der Waals surface area contributed by atoms with E-state index in [4.69, 9.17) is 11.6 Å². The van der Waals surface area contributed by atoms with Crippen LogP contribution in [0, 0.1) is 5.41 Å². The largest absolute Gasteiger partial charge is 0.126 e. The lowest BCUT2D eigenvalue weighted by molar-refractivity contribution is 0.378. The third-order valence-corrected chi connectivity index (χ3v) is 5.47. The van der Waals surface area contributed by atoms with Crippen molar-refractivity contribution in [3.63, 3.8) is 0 Å². The Bertz CT molecular complexity index is 295. The van der Waals surface area contributed by atoms with Crippen LogP contribution in [0.15, 0.2) is 10.5 Å². The Hall–Kier alpha value is 0.950. The zero-order chi connectivity index (χ0) is 10.9. The van der Waals surface area contributed by atoms with Crippen LogP contribution in [-0.4, -0.2) is 0 Å². The molecule has 0 saturated carbocycles. The third-order valence-electron chi connectivity index (χ3n) is 1.76. The lowest BCUT2D eigenvalue weighted by Crippen LogP contribution is -2.07. The van der Waals surface area contributed by atoms with E-state index in [9.17, 15) is 0 Å². The van der Waals surface area contributed by atoms with Gasteiger partial charge in [-0.3, -0.25) is 0 Å². The summed E-state index contributed by atoms with van der Waals surface area (Å²) in [5.74, 6) is 0. The smallest absolute Gasteiger partial charge is 0.107 e. The SMILES string of the molecule is CC(C)(C)CC(Br)c1cc(Br)c(Cl)s1. The summed E-state index contributed by atoms with van der Waals surface area (Å²) in [4.78, 5) is 1.69. The monoisotopic (exact) mass is 358 g/mol. The molecule has 1 atom stereocenters. The third kappa shape index (κ3) is 3.84. The molecular weight excluding hydrogens is 347 g/mol. The molecular formula is C10H13Br2ClS. The van der Waals surface area contributed by atoms with E-state index in [0.717, 1.165) is 15.2 Å². The second kappa shape index (κ2) is 4.86. The Morgan fingerprint density at radius 2 is 2.07 bits per heavy atom. The number of alkyl halides is 1. The summed E-state index contributed by atoms with van der Waals surface area (Å²) >= 11 is 14.8. The molecule has 0 bridgehead atoms. The van der Waals surface area contributed by atoms with Crippen molar-refractivity contribution in [2.24, 2.45) is 5.41 Å². The van der Waals surface area contributed by atoms with Gasteiger partial charge < -0.3 is 0 Å². The van der Waals surface area contributed by atoms with Crippen LogP contribution in [-0.2, 0) is 0 Å². The van der Waals surface area contributed by atoms with E-state index >= 15 is 0 Å². The van der Waals surface area contributed by atoms with Crippen molar-refractivity contribution < 1.29 is 0 Å². The molecule has 0 saturated heterocycles. The summed E-state index contributed by atoms with van der Waals surface area (Å²) in [6, 6.07) is 2.10. The maximum absolute atomic E-state index is 6.00. The number of halogens is 3. The molecule has 1 aromatic rings. The summed E-state index contributed by atoms with van der Waals surface area (Å²) in [5.41, 5.74) is 0.330. The Morgan fingerprint density at radius 3 is 2.43 bits per heavy atom. The average Bonchev–Trinajstić information content (AvgIpc) is 2.28. The van der Waals surface area contributed by atoms with Crippen molar-refractivity contribution in [1.29, 1.82) is 0 Å². The van der Waals surface area contributed by atoms with Gasteiger partial charge in [0.2, 0.25) is 0 Å². The Labute approximate surface area is 111 Å². The number of rotatable bonds is 2. The van der Waals surface area contributed by atoms with E-state index in [-0.39, 0.29) is 0 Å². The Morgan fingerprint density at radius 1 is 1.50 bits per heavy atom. The van der Waals surface area contributed by atoms with Crippen LogP contribution in [0.1, 0.15) is 36.9 Å². The molecule has 1 unspecified atom stereocenters. The van der Waals surface area contributed by atoms with Crippen LogP contribution in [0.2, 0.25) is 4.34 Å². The Balaban J connectivity index is 2.75. The van der Waals surface area contributed by atoms with Crippen molar-refractivity contribution in [2.45, 2.75) is 32.0 Å². The summed E-state index contributed by atoms with van der Waals surface area (Å²) in [6.07, 6.45) is 1.11. The van der Waals surface area contributed by atoms with Crippen molar-refractivity contribution in [3.05, 3.63) is 19.8 Å². The molecule has 1 rings (SSSR count). The predicted octanol–water partition coefficient (Wildman–Crippen LogP) is 6.04. The first kappa shape index (κ1) is 13.0. The van der Waals surface area contributed by atoms with E-state index in [1.165, 1.54) is 4.88 Å². The maximum Gasteiger partial charge on any atom is 0.107 e. The zero-order valence-electron chi connectivity index (χ0n) is 8.40. The van der Waals surface area contributed by atoms with E-state index in [1.54, 1.807) is 11.3 Å². The molecule has 80 valence electrons. The molecule has 0 radical (unpaired) electrons. The minimum atomic E-state index is 0.330. The van der Waals surface area contributed by atoms with Gasteiger partial charge in [-0.1, -0.05) is 48.3 Å². The van der Waals surface area contributed by atoms with E-state index < -0.39 is 0 Å². The highest BCUT2D eigenvalue weighted by Gasteiger charge is 2.20. The molecule has 0 aliphatic carbocycles. The molecule has 0 N–H and O–H groups in total. The molecule has 0 aromatic carbocycles. The van der Waals surface area contributed by atoms with Crippen LogP contribution in [0.4, 0.5) is 0 Å². The zero-order valence-corrected chi connectivity index (χ0v) is 13.1. The molecule has 0 spiro atoms. The first-order valence-electron chi connectivity index (χ1n) is 4.38. The van der Waals surface area contributed by atoms with Crippen LogP contribution >= 0.6 is 54.8 Å². The summed E-state index contributed by atoms with van der Waals surface area (Å²) < 4.78 is 1.83. The van der Waals surface area contributed by atoms with Gasteiger partial charge in [0.1, 0.15) is 4.34 Å². The van der Waals surface area contributed by atoms with Gasteiger partial charge in [-0.25, -0.2) is 0 Å². The fourth-order valence-electron chi connectivity index (χ4n) is 1.16. The first-order chi connectivity index (χ1) is 6.29. The van der Waals surface area contributed by atoms with Crippen LogP contribution in [0.5, 0.6) is 0 Å². The standard InChI is InChI=1S/C10H13Br2ClS/c1-10(2,3)5-7(12)8-4-6(11)9(13)14-8/h4,7H,5H2,1-3H3. The quantitative estimate of drug-likeness (QED) is 0.564. The minimum Gasteiger partial charge on any atom is -0.126 e. The Kier molecular flexibility index (Phi) is 4.51. The van der Waals surface area contributed by atoms with Crippen molar-refractivity contribution in [1.82, 2.24) is 0 Å². The highest BCUT2D eigenvalue weighted by atomic mass is 79.9. The van der Waals surface area contributed by atoms with E-state index in [2.05, 4.69) is 58.7 Å². The molecule has 0 aliphatic heterocycles. The van der Waals surface area contributed by atoms with Gasteiger partial charge in [-0.2, -0.15) is 0 Å². The van der Waals surface area contributed by atoms with Gasteiger partial charge in [0, 0.05) is 14.2 Å². The normalized spacial score (nSPS) is 14.4. The number of hydrogen-bond acceptors (Lipinski definition) is 1. The van der Waals surface area contributed by atoms with Crippen LogP contribution < -0.4 is 0 Å². The summed E-state index contributed by atoms with van der Waals surface area (Å²) in [7, 11) is 0. The topological polar surface area (TPSA) is 0 Å². The lowest BCUT2D eigenvalue weighted by atomic mass is 9.90. The van der Waals surface area contributed by atoms with Crippen LogP contribution in [0.3, 0.4) is 0 Å². The number of hydrogen-bond donors (Lipinski definition) is 0. The molecule has 0 nitrogen and oxygen atoms in total. The van der Waals surface area contributed by atoms with Crippen molar-refractivity contribution in [3.8, 4) is 0 Å². The van der Waals surface area contributed by atoms with Gasteiger partial charge >= 0.3 is 0 Å². The van der Waals surface area contributed by atoms with E-state index in [0.29, 0.717) is 10.2 Å². The summed E-state index contributed by atoms with van der Waals surface area (Å²) in [6.45, 7) is 6.72. The fraction of sp³-hybridized carbons (Fsp3) is 0.600. The maximum atomic E-state index is 6.00. The molecule has 0 fully saturated rings. The molecule has 1 heterocycles. The first-order valence-corrected chi connectivity index (χ1v) is 7.29. The molecule has 1 aromatic heterocycles. The highest BCUT2D eigenvalue weighted by Crippen LogP contribution is 2.42. The fourth-order valence-corrected chi connectivity index (χ4v) is 4.25. The predicted molar refractivity (Wildman–Crippen MR) is 72.8 cm³/mol. The molecule has 0 aliphatic rings. The molecule has 0 amide bonds.